The lowest BCUT2D eigenvalue weighted by Gasteiger charge is -2.14. The summed E-state index contributed by atoms with van der Waals surface area (Å²) in [6, 6.07) is 13.5. The van der Waals surface area contributed by atoms with Crippen LogP contribution in [-0.4, -0.2) is 27.5 Å². The van der Waals surface area contributed by atoms with E-state index >= 15 is 0 Å². The Morgan fingerprint density at radius 1 is 1.12 bits per heavy atom. The van der Waals surface area contributed by atoms with Crippen molar-refractivity contribution in [3.8, 4) is 11.4 Å². The van der Waals surface area contributed by atoms with E-state index in [4.69, 9.17) is 11.6 Å². The molecule has 0 saturated carbocycles. The molecule has 5 nitrogen and oxygen atoms in total. The highest BCUT2D eigenvalue weighted by Gasteiger charge is 2.18. The zero-order chi connectivity index (χ0) is 18.5. The van der Waals surface area contributed by atoms with Gasteiger partial charge in [0.15, 0.2) is 5.82 Å². The molecule has 0 spiro atoms. The van der Waals surface area contributed by atoms with Gasteiger partial charge in [0.2, 0.25) is 0 Å². The molecule has 1 amide bonds. The highest BCUT2D eigenvalue weighted by Crippen LogP contribution is 2.25. The molecule has 132 valence electrons. The van der Waals surface area contributed by atoms with Crippen LogP contribution in [0.4, 0.5) is 4.39 Å². The topological polar surface area (TPSA) is 75.1 Å². The van der Waals surface area contributed by atoms with E-state index in [2.05, 4.69) is 15.3 Å². The van der Waals surface area contributed by atoms with Crippen LogP contribution in [0, 0.1) is 5.82 Å². The van der Waals surface area contributed by atoms with Crippen molar-refractivity contribution in [2.75, 3.05) is 6.54 Å². The predicted octanol–water partition coefficient (Wildman–Crippen LogP) is 3.40. The van der Waals surface area contributed by atoms with Crippen LogP contribution in [0.1, 0.15) is 22.0 Å². The zero-order valence-electron chi connectivity index (χ0n) is 13.6. The fourth-order valence-electron chi connectivity index (χ4n) is 2.40. The van der Waals surface area contributed by atoms with Gasteiger partial charge in [0.25, 0.3) is 5.91 Å². The van der Waals surface area contributed by atoms with E-state index in [0.29, 0.717) is 5.82 Å². The van der Waals surface area contributed by atoms with Crippen molar-refractivity contribution in [3.63, 3.8) is 0 Å². The van der Waals surface area contributed by atoms with Gasteiger partial charge in [-0.05, 0) is 12.1 Å². The number of carbonyl (C=O) groups excluding carboxylic acids is 1. The van der Waals surface area contributed by atoms with Crippen molar-refractivity contribution in [1.29, 1.82) is 0 Å². The Bertz CT molecular complexity index is 884. The molecule has 7 heteroatoms. The molecule has 1 unspecified atom stereocenters. The van der Waals surface area contributed by atoms with Gasteiger partial charge in [-0.15, -0.1) is 0 Å². The van der Waals surface area contributed by atoms with Gasteiger partial charge in [-0.3, -0.25) is 4.79 Å². The third-order valence-electron chi connectivity index (χ3n) is 3.73. The van der Waals surface area contributed by atoms with E-state index in [0.717, 1.165) is 5.56 Å². The Kier molecular flexibility index (Phi) is 5.55. The maximum Gasteiger partial charge on any atom is 0.254 e. The molecule has 3 rings (SSSR count). The van der Waals surface area contributed by atoms with Crippen LogP contribution in [0.3, 0.4) is 0 Å². The van der Waals surface area contributed by atoms with Crippen molar-refractivity contribution in [2.45, 2.75) is 6.10 Å². The van der Waals surface area contributed by atoms with Crippen molar-refractivity contribution < 1.29 is 14.3 Å². The summed E-state index contributed by atoms with van der Waals surface area (Å²) in [7, 11) is 0. The van der Waals surface area contributed by atoms with E-state index in [1.54, 1.807) is 0 Å². The van der Waals surface area contributed by atoms with Gasteiger partial charge in [-0.2, -0.15) is 0 Å². The molecule has 3 aromatic rings. The number of benzene rings is 2. The smallest absolute Gasteiger partial charge is 0.254 e. The summed E-state index contributed by atoms with van der Waals surface area (Å²) in [5.41, 5.74) is 1.02. The van der Waals surface area contributed by atoms with Crippen LogP contribution in [0.25, 0.3) is 11.4 Å². The number of hydrogen-bond acceptors (Lipinski definition) is 4. The first-order valence-electron chi connectivity index (χ1n) is 7.84. The Hall–Kier alpha value is -2.83. The van der Waals surface area contributed by atoms with Gasteiger partial charge < -0.3 is 10.4 Å². The molecule has 26 heavy (non-hydrogen) atoms. The molecule has 0 aliphatic rings. The lowest BCUT2D eigenvalue weighted by Crippen LogP contribution is -2.29. The number of nitrogens with one attached hydrogen (secondary N) is 1. The van der Waals surface area contributed by atoms with E-state index in [9.17, 15) is 14.3 Å². The number of aliphatic hydroxyl groups is 1. The summed E-state index contributed by atoms with van der Waals surface area (Å²) in [6.45, 7) is -0.195. The number of aromatic nitrogens is 2. The number of carbonyl (C=O) groups is 1. The fourth-order valence-corrected chi connectivity index (χ4v) is 2.69. The summed E-state index contributed by atoms with van der Waals surface area (Å²) >= 11 is 5.90. The molecular weight excluding hydrogens is 357 g/mol. The van der Waals surface area contributed by atoms with E-state index < -0.39 is 17.8 Å². The van der Waals surface area contributed by atoms with Gasteiger partial charge in [0.1, 0.15) is 11.9 Å². The summed E-state index contributed by atoms with van der Waals surface area (Å²) in [4.78, 5) is 20.5. The number of aliphatic hydroxyl groups excluding tert-OH is 1. The SMILES string of the molecule is O=C(NCC(O)c1c(F)cccc1Cl)c1cnc(-c2ccccc2)nc1. The van der Waals surface area contributed by atoms with Gasteiger partial charge in [0.05, 0.1) is 5.56 Å². The molecule has 1 heterocycles. The molecule has 2 N–H and O–H groups in total. The van der Waals surface area contributed by atoms with Crippen molar-refractivity contribution >= 4 is 17.5 Å². The highest BCUT2D eigenvalue weighted by molar-refractivity contribution is 6.31. The Morgan fingerprint density at radius 2 is 1.81 bits per heavy atom. The second-order valence-electron chi connectivity index (χ2n) is 5.52. The molecular formula is C19H15ClFN3O2. The molecule has 1 aromatic heterocycles. The Balaban J connectivity index is 1.65. The van der Waals surface area contributed by atoms with Gasteiger partial charge in [0, 0.05) is 35.1 Å². The van der Waals surface area contributed by atoms with Crippen LogP contribution >= 0.6 is 11.6 Å². The summed E-state index contributed by atoms with van der Waals surface area (Å²) in [5.74, 6) is -0.605. The van der Waals surface area contributed by atoms with Crippen LogP contribution < -0.4 is 5.32 Å². The van der Waals surface area contributed by atoms with Crippen molar-refractivity contribution in [1.82, 2.24) is 15.3 Å². The van der Waals surface area contributed by atoms with Crippen molar-refractivity contribution in [3.05, 3.63) is 82.9 Å². The normalized spacial score (nSPS) is 11.8. The number of hydrogen-bond donors (Lipinski definition) is 2. The first-order valence-corrected chi connectivity index (χ1v) is 8.21. The summed E-state index contributed by atoms with van der Waals surface area (Å²) in [5, 5.41) is 12.7. The lowest BCUT2D eigenvalue weighted by molar-refractivity contribution is 0.0913. The number of amides is 1. The first-order chi connectivity index (χ1) is 12.6. The zero-order valence-corrected chi connectivity index (χ0v) is 14.3. The van der Waals surface area contributed by atoms with Gasteiger partial charge >= 0.3 is 0 Å². The fraction of sp³-hybridized carbons (Fsp3) is 0.105. The minimum Gasteiger partial charge on any atom is -0.386 e. The van der Waals surface area contributed by atoms with Crippen molar-refractivity contribution in [2.24, 2.45) is 0 Å². The second-order valence-corrected chi connectivity index (χ2v) is 5.93. The summed E-state index contributed by atoms with van der Waals surface area (Å²) < 4.78 is 13.8. The van der Waals surface area contributed by atoms with E-state index in [1.807, 2.05) is 30.3 Å². The average Bonchev–Trinajstić information content (AvgIpc) is 2.67. The number of halogens is 2. The maximum absolute atomic E-state index is 13.8. The minimum absolute atomic E-state index is 0.0508. The largest absolute Gasteiger partial charge is 0.386 e. The molecule has 0 aliphatic heterocycles. The lowest BCUT2D eigenvalue weighted by atomic mass is 10.1. The molecule has 0 saturated heterocycles. The number of rotatable bonds is 5. The summed E-state index contributed by atoms with van der Waals surface area (Å²) in [6.07, 6.45) is 1.53. The van der Waals surface area contributed by atoms with Gasteiger partial charge in [-0.25, -0.2) is 14.4 Å². The molecule has 2 aromatic carbocycles. The Morgan fingerprint density at radius 3 is 2.46 bits per heavy atom. The second kappa shape index (κ2) is 8.03. The van der Waals surface area contributed by atoms with E-state index in [-0.39, 0.29) is 22.7 Å². The molecule has 0 fully saturated rings. The van der Waals surface area contributed by atoms with Crippen LogP contribution in [-0.2, 0) is 0 Å². The first kappa shape index (κ1) is 18.0. The minimum atomic E-state index is -1.27. The molecule has 0 radical (unpaired) electrons. The van der Waals surface area contributed by atoms with Gasteiger partial charge in [-0.1, -0.05) is 48.0 Å². The predicted molar refractivity (Wildman–Crippen MR) is 96.2 cm³/mol. The quantitative estimate of drug-likeness (QED) is 0.720. The monoisotopic (exact) mass is 371 g/mol. The Labute approximate surface area is 154 Å². The standard InChI is InChI=1S/C19H15ClFN3O2/c20-14-7-4-8-15(21)17(14)16(25)11-24-19(26)13-9-22-18(23-10-13)12-5-2-1-3-6-12/h1-10,16,25H,11H2,(H,24,26). The van der Waals surface area contributed by atoms with Crippen LogP contribution in [0.15, 0.2) is 60.9 Å². The highest BCUT2D eigenvalue weighted by atomic mass is 35.5. The maximum atomic E-state index is 13.8. The number of nitrogens with zero attached hydrogens (tertiary/aromatic N) is 2. The van der Waals surface area contributed by atoms with E-state index in [1.165, 1.54) is 30.6 Å². The third kappa shape index (κ3) is 4.04. The van der Waals surface area contributed by atoms with Crippen LogP contribution in [0.2, 0.25) is 5.02 Å². The average molecular weight is 372 g/mol. The van der Waals surface area contributed by atoms with Crippen LogP contribution in [0.5, 0.6) is 0 Å². The third-order valence-corrected chi connectivity index (χ3v) is 4.06. The molecule has 0 bridgehead atoms. The molecule has 0 aliphatic carbocycles. The molecule has 1 atom stereocenters.